The van der Waals surface area contributed by atoms with Crippen LogP contribution in [0.25, 0.3) is 10.9 Å². The highest BCUT2D eigenvalue weighted by Crippen LogP contribution is 2.18. The number of amides is 1. The van der Waals surface area contributed by atoms with Crippen molar-refractivity contribution in [3.63, 3.8) is 0 Å². The molecule has 1 aromatic carbocycles. The van der Waals surface area contributed by atoms with Crippen molar-refractivity contribution in [1.82, 2.24) is 19.7 Å². The number of carbonyl (C=O) groups is 1. The lowest BCUT2D eigenvalue weighted by Crippen LogP contribution is -2.17. The van der Waals surface area contributed by atoms with Crippen LogP contribution in [0.1, 0.15) is 22.6 Å². The summed E-state index contributed by atoms with van der Waals surface area (Å²) >= 11 is 0. The number of fused-ring (bicyclic) bond motifs is 1. The van der Waals surface area contributed by atoms with Crippen molar-refractivity contribution < 1.29 is 13.6 Å². The average molecular weight is 319 g/mol. The van der Waals surface area contributed by atoms with E-state index in [-0.39, 0.29) is 11.3 Å². The zero-order valence-corrected chi connectivity index (χ0v) is 11.9. The Morgan fingerprint density at radius 1 is 1.35 bits per heavy atom. The predicted octanol–water partition coefficient (Wildman–Crippen LogP) is 1.85. The van der Waals surface area contributed by atoms with Crippen LogP contribution >= 0.6 is 0 Å². The lowest BCUT2D eigenvalue weighted by atomic mass is 10.2. The number of rotatable bonds is 3. The standard InChI is InChI=1S/C14H11F2N5O2/c1-21-6-17-9-4-7(2-3-8(9)14(21)23)18-13(22)11-5-10(12(15)16)19-20-11/h2-6,12H,1H3,(H,18,22)(H,19,20). The van der Waals surface area contributed by atoms with Gasteiger partial charge in [-0.2, -0.15) is 5.10 Å². The molecule has 0 spiro atoms. The van der Waals surface area contributed by atoms with Gasteiger partial charge < -0.3 is 9.88 Å². The highest BCUT2D eigenvalue weighted by atomic mass is 19.3. The van der Waals surface area contributed by atoms with Gasteiger partial charge in [0, 0.05) is 12.7 Å². The van der Waals surface area contributed by atoms with Crippen molar-refractivity contribution in [1.29, 1.82) is 0 Å². The average Bonchev–Trinajstić information content (AvgIpc) is 3.01. The molecule has 7 nitrogen and oxygen atoms in total. The molecule has 2 heterocycles. The molecule has 0 radical (unpaired) electrons. The predicted molar refractivity (Wildman–Crippen MR) is 78.5 cm³/mol. The van der Waals surface area contributed by atoms with Crippen molar-refractivity contribution >= 4 is 22.5 Å². The molecular formula is C14H11F2N5O2. The second kappa shape index (κ2) is 5.59. The number of hydrogen-bond donors (Lipinski definition) is 2. The number of benzene rings is 1. The molecule has 0 unspecified atom stereocenters. The van der Waals surface area contributed by atoms with E-state index in [9.17, 15) is 18.4 Å². The fourth-order valence-corrected chi connectivity index (χ4v) is 2.05. The largest absolute Gasteiger partial charge is 0.321 e. The SMILES string of the molecule is Cn1cnc2cc(NC(=O)c3cc(C(F)F)[nH]n3)ccc2c1=O. The van der Waals surface area contributed by atoms with E-state index in [1.807, 2.05) is 0 Å². The molecule has 3 rings (SSSR count). The monoisotopic (exact) mass is 319 g/mol. The van der Waals surface area contributed by atoms with E-state index in [0.717, 1.165) is 6.07 Å². The Bertz CT molecular complexity index is 948. The molecule has 1 amide bonds. The van der Waals surface area contributed by atoms with Gasteiger partial charge in [-0.05, 0) is 24.3 Å². The molecule has 118 valence electrons. The van der Waals surface area contributed by atoms with E-state index in [0.29, 0.717) is 16.6 Å². The van der Waals surface area contributed by atoms with E-state index in [4.69, 9.17) is 0 Å². The van der Waals surface area contributed by atoms with Gasteiger partial charge in [-0.15, -0.1) is 0 Å². The topological polar surface area (TPSA) is 92.7 Å². The maximum Gasteiger partial charge on any atom is 0.279 e. The number of aromatic nitrogens is 4. The second-order valence-corrected chi connectivity index (χ2v) is 4.86. The van der Waals surface area contributed by atoms with E-state index in [1.165, 1.54) is 29.1 Å². The summed E-state index contributed by atoms with van der Waals surface area (Å²) < 4.78 is 26.3. The van der Waals surface area contributed by atoms with Crippen LogP contribution in [0, 0.1) is 0 Å². The van der Waals surface area contributed by atoms with Crippen LogP contribution in [0.3, 0.4) is 0 Å². The molecule has 0 aliphatic carbocycles. The number of aryl methyl sites for hydroxylation is 1. The lowest BCUT2D eigenvalue weighted by molar-refractivity contribution is 0.102. The molecule has 9 heteroatoms. The normalized spacial score (nSPS) is 11.1. The molecule has 2 aromatic heterocycles. The summed E-state index contributed by atoms with van der Waals surface area (Å²) in [6.07, 6.45) is -1.36. The number of carbonyl (C=O) groups excluding carboxylic acids is 1. The zero-order chi connectivity index (χ0) is 16.6. The van der Waals surface area contributed by atoms with Crippen LogP contribution in [-0.2, 0) is 7.05 Å². The van der Waals surface area contributed by atoms with Gasteiger partial charge in [0.1, 0.15) is 5.69 Å². The molecule has 23 heavy (non-hydrogen) atoms. The van der Waals surface area contributed by atoms with Crippen molar-refractivity contribution in [2.75, 3.05) is 5.32 Å². The van der Waals surface area contributed by atoms with E-state index >= 15 is 0 Å². The summed E-state index contributed by atoms with van der Waals surface area (Å²) in [6.45, 7) is 0. The van der Waals surface area contributed by atoms with E-state index in [2.05, 4.69) is 20.5 Å². The van der Waals surface area contributed by atoms with Crippen molar-refractivity contribution in [2.24, 2.45) is 7.05 Å². The van der Waals surface area contributed by atoms with Gasteiger partial charge >= 0.3 is 0 Å². The Balaban J connectivity index is 1.87. The first-order valence-electron chi connectivity index (χ1n) is 6.56. The number of nitrogens with one attached hydrogen (secondary N) is 2. The summed E-state index contributed by atoms with van der Waals surface area (Å²) in [6, 6.07) is 5.57. The summed E-state index contributed by atoms with van der Waals surface area (Å²) in [5.41, 5.74) is 0.00366. The number of alkyl halides is 2. The van der Waals surface area contributed by atoms with Gasteiger partial charge in [0.05, 0.1) is 17.2 Å². The van der Waals surface area contributed by atoms with Gasteiger partial charge in [-0.3, -0.25) is 14.7 Å². The number of aromatic amines is 1. The Morgan fingerprint density at radius 2 is 2.13 bits per heavy atom. The lowest BCUT2D eigenvalue weighted by Gasteiger charge is -2.05. The van der Waals surface area contributed by atoms with Crippen LogP contribution in [0.2, 0.25) is 0 Å². The number of hydrogen-bond acceptors (Lipinski definition) is 4. The minimum absolute atomic E-state index is 0.155. The number of nitrogens with zero attached hydrogens (tertiary/aromatic N) is 3. The summed E-state index contributed by atoms with van der Waals surface area (Å²) in [7, 11) is 1.59. The Hall–Kier alpha value is -3.10. The van der Waals surface area contributed by atoms with Gasteiger partial charge in [0.25, 0.3) is 17.9 Å². The molecule has 0 fully saturated rings. The van der Waals surface area contributed by atoms with Crippen LogP contribution in [0.4, 0.5) is 14.5 Å². The Labute approximate surface area is 128 Å². The van der Waals surface area contributed by atoms with Gasteiger partial charge in [0.15, 0.2) is 5.69 Å². The van der Waals surface area contributed by atoms with Gasteiger partial charge in [-0.25, -0.2) is 13.8 Å². The molecule has 3 aromatic rings. The van der Waals surface area contributed by atoms with E-state index < -0.39 is 18.0 Å². The molecule has 0 aliphatic heterocycles. The Morgan fingerprint density at radius 3 is 2.83 bits per heavy atom. The first kappa shape index (κ1) is 14.8. The fourth-order valence-electron chi connectivity index (χ4n) is 2.05. The van der Waals surface area contributed by atoms with Crippen molar-refractivity contribution in [3.05, 3.63) is 52.3 Å². The van der Waals surface area contributed by atoms with Crippen molar-refractivity contribution in [2.45, 2.75) is 6.43 Å². The minimum atomic E-state index is -2.73. The molecule has 0 saturated heterocycles. The third kappa shape index (κ3) is 2.80. The third-order valence-electron chi connectivity index (χ3n) is 3.24. The van der Waals surface area contributed by atoms with Crippen LogP contribution in [-0.4, -0.2) is 25.7 Å². The summed E-state index contributed by atoms with van der Waals surface area (Å²) in [5, 5.41) is 8.56. The third-order valence-corrected chi connectivity index (χ3v) is 3.24. The maximum atomic E-state index is 12.5. The molecule has 0 saturated carbocycles. The molecular weight excluding hydrogens is 308 g/mol. The Kier molecular flexibility index (Phi) is 3.61. The van der Waals surface area contributed by atoms with Crippen molar-refractivity contribution in [3.8, 4) is 0 Å². The minimum Gasteiger partial charge on any atom is -0.321 e. The van der Waals surface area contributed by atoms with Gasteiger partial charge in [0.2, 0.25) is 0 Å². The first-order valence-corrected chi connectivity index (χ1v) is 6.56. The fraction of sp³-hybridized carbons (Fsp3) is 0.143. The highest BCUT2D eigenvalue weighted by molar-refractivity contribution is 6.03. The highest BCUT2D eigenvalue weighted by Gasteiger charge is 2.16. The number of halogens is 2. The summed E-state index contributed by atoms with van der Waals surface area (Å²) in [4.78, 5) is 28.0. The number of anilines is 1. The van der Waals surface area contributed by atoms with Crippen LogP contribution in [0.5, 0.6) is 0 Å². The van der Waals surface area contributed by atoms with E-state index in [1.54, 1.807) is 7.05 Å². The van der Waals surface area contributed by atoms with Crippen LogP contribution in [0.15, 0.2) is 35.4 Å². The molecule has 0 bridgehead atoms. The van der Waals surface area contributed by atoms with Gasteiger partial charge in [-0.1, -0.05) is 0 Å². The summed E-state index contributed by atoms with van der Waals surface area (Å²) in [5.74, 6) is -0.642. The molecule has 0 aliphatic rings. The van der Waals surface area contributed by atoms with Crippen LogP contribution < -0.4 is 10.9 Å². The maximum absolute atomic E-state index is 12.5. The quantitative estimate of drug-likeness (QED) is 0.770. The first-order chi connectivity index (χ1) is 11.0. The second-order valence-electron chi connectivity index (χ2n) is 4.86. The zero-order valence-electron chi connectivity index (χ0n) is 11.9. The number of H-pyrrole nitrogens is 1. The molecule has 0 atom stereocenters. The molecule has 2 N–H and O–H groups in total. The smallest absolute Gasteiger partial charge is 0.279 e.